The van der Waals surface area contributed by atoms with Crippen LogP contribution in [0.1, 0.15) is 0 Å². The van der Waals surface area contributed by atoms with E-state index in [1.807, 2.05) is 0 Å². The zero-order valence-corrected chi connectivity index (χ0v) is 9.28. The Balaban J connectivity index is 2.99. The minimum Gasteiger partial charge on any atom is -0.464 e. The first-order chi connectivity index (χ1) is 8.60. The maximum atomic E-state index is 11.0. The van der Waals surface area contributed by atoms with Crippen molar-refractivity contribution < 1.29 is 14.5 Å². The Kier molecular flexibility index (Phi) is 4.34. The molecular weight excluding hydrogens is 240 g/mol. The number of nitrogens with one attached hydrogen (secondary N) is 1. The summed E-state index contributed by atoms with van der Waals surface area (Å²) in [5.41, 5.74) is 1.60. The van der Waals surface area contributed by atoms with Crippen LogP contribution in [0.25, 0.3) is 0 Å². The smallest absolute Gasteiger partial charge is 0.369 e. The van der Waals surface area contributed by atoms with Crippen LogP contribution in [-0.2, 0) is 9.53 Å². The normalized spacial score (nSPS) is 10.3. The Hall–Kier alpha value is -2.95. The zero-order valence-electron chi connectivity index (χ0n) is 9.28. The van der Waals surface area contributed by atoms with Gasteiger partial charge >= 0.3 is 5.97 Å². The minimum atomic E-state index is -0.927. The van der Waals surface area contributed by atoms with Crippen LogP contribution >= 0.6 is 0 Å². The molecule has 0 aliphatic carbocycles. The summed E-state index contributed by atoms with van der Waals surface area (Å²) in [4.78, 5) is 21.1. The second kappa shape index (κ2) is 5.95. The topological polar surface area (TPSA) is 118 Å². The number of hydrogen-bond donors (Lipinski definition) is 1. The molecule has 18 heavy (non-hydrogen) atoms. The van der Waals surface area contributed by atoms with Gasteiger partial charge in [0, 0.05) is 6.07 Å². The van der Waals surface area contributed by atoms with Gasteiger partial charge in [0.15, 0.2) is 0 Å². The molecule has 0 spiro atoms. The first-order valence-corrected chi connectivity index (χ1v) is 4.65. The number of nitro groups is 1. The fraction of sp³-hybridized carbons (Fsp3) is 0.100. The molecule has 0 heterocycles. The summed E-state index contributed by atoms with van der Waals surface area (Å²) in [6.45, 7) is 0. The van der Waals surface area contributed by atoms with Crippen molar-refractivity contribution in [3.63, 3.8) is 0 Å². The maximum Gasteiger partial charge on any atom is 0.369 e. The molecule has 1 aromatic carbocycles. The van der Waals surface area contributed by atoms with Gasteiger partial charge in [-0.25, -0.2) is 4.79 Å². The molecule has 0 saturated carbocycles. The highest BCUT2D eigenvalue weighted by Crippen LogP contribution is 2.22. The Morgan fingerprint density at radius 1 is 1.56 bits per heavy atom. The van der Waals surface area contributed by atoms with Gasteiger partial charge in [-0.1, -0.05) is 12.1 Å². The average Bonchev–Trinajstić information content (AvgIpc) is 2.39. The van der Waals surface area contributed by atoms with Crippen LogP contribution in [0.3, 0.4) is 0 Å². The molecule has 0 atom stereocenters. The van der Waals surface area contributed by atoms with E-state index in [2.05, 4.69) is 15.3 Å². The number of nitro benzene ring substituents is 1. The third-order valence-electron chi connectivity index (χ3n) is 1.87. The average molecular weight is 248 g/mol. The molecule has 0 unspecified atom stereocenters. The first kappa shape index (κ1) is 13.1. The van der Waals surface area contributed by atoms with Gasteiger partial charge in [-0.15, -0.1) is 0 Å². The number of para-hydroxylation sites is 2. The van der Waals surface area contributed by atoms with Gasteiger partial charge in [-0.2, -0.15) is 10.4 Å². The van der Waals surface area contributed by atoms with E-state index < -0.39 is 16.6 Å². The lowest BCUT2D eigenvalue weighted by Crippen LogP contribution is -2.15. The molecule has 8 nitrogen and oxygen atoms in total. The van der Waals surface area contributed by atoms with Gasteiger partial charge in [0.05, 0.1) is 12.0 Å². The fourth-order valence-electron chi connectivity index (χ4n) is 1.06. The molecule has 0 aliphatic rings. The van der Waals surface area contributed by atoms with Crippen molar-refractivity contribution in [3.8, 4) is 6.07 Å². The fourth-order valence-corrected chi connectivity index (χ4v) is 1.06. The van der Waals surface area contributed by atoms with Gasteiger partial charge in [0.2, 0.25) is 5.71 Å². The van der Waals surface area contributed by atoms with Crippen molar-refractivity contribution in [1.29, 1.82) is 5.26 Å². The van der Waals surface area contributed by atoms with Gasteiger partial charge in [0.25, 0.3) is 5.69 Å². The van der Waals surface area contributed by atoms with Crippen molar-refractivity contribution in [2.45, 2.75) is 0 Å². The summed E-state index contributed by atoms with van der Waals surface area (Å²) in [5, 5.41) is 22.8. The number of nitriles is 1. The lowest BCUT2D eigenvalue weighted by molar-refractivity contribution is -0.384. The van der Waals surface area contributed by atoms with E-state index in [9.17, 15) is 14.9 Å². The molecule has 8 heteroatoms. The predicted molar refractivity (Wildman–Crippen MR) is 61.8 cm³/mol. The largest absolute Gasteiger partial charge is 0.464 e. The standard InChI is InChI=1S/C10H8N4O4/c1-18-10(15)8(6-11)13-12-7-4-2-3-5-9(7)14(16)17/h2-5,12H,1H3/b13-8-. The molecule has 0 bridgehead atoms. The first-order valence-electron chi connectivity index (χ1n) is 4.65. The second-order valence-corrected chi connectivity index (χ2v) is 2.95. The molecular formula is C10H8N4O4. The van der Waals surface area contributed by atoms with E-state index in [4.69, 9.17) is 5.26 Å². The molecule has 1 aromatic rings. The predicted octanol–water partition coefficient (Wildman–Crippen LogP) is 1.06. The number of carbonyl (C=O) groups is 1. The molecule has 1 rings (SSSR count). The van der Waals surface area contributed by atoms with E-state index in [0.717, 1.165) is 7.11 Å². The van der Waals surface area contributed by atoms with E-state index in [1.165, 1.54) is 24.3 Å². The van der Waals surface area contributed by atoms with Gasteiger partial charge in [0.1, 0.15) is 11.8 Å². The highest BCUT2D eigenvalue weighted by molar-refractivity contribution is 6.43. The third kappa shape index (κ3) is 3.02. The number of carbonyl (C=O) groups excluding carboxylic acids is 1. The van der Waals surface area contributed by atoms with Crippen molar-refractivity contribution in [2.75, 3.05) is 12.5 Å². The second-order valence-electron chi connectivity index (χ2n) is 2.95. The maximum absolute atomic E-state index is 11.0. The summed E-state index contributed by atoms with van der Waals surface area (Å²) in [5.74, 6) is -0.927. The minimum absolute atomic E-state index is 0.0687. The van der Waals surface area contributed by atoms with Crippen molar-refractivity contribution in [2.24, 2.45) is 5.10 Å². The van der Waals surface area contributed by atoms with E-state index >= 15 is 0 Å². The summed E-state index contributed by atoms with van der Waals surface area (Å²) < 4.78 is 4.30. The Morgan fingerprint density at radius 2 is 2.22 bits per heavy atom. The quantitative estimate of drug-likeness (QED) is 0.368. The van der Waals surface area contributed by atoms with Crippen molar-refractivity contribution in [3.05, 3.63) is 34.4 Å². The number of anilines is 1. The molecule has 92 valence electrons. The molecule has 0 fully saturated rings. The number of esters is 1. The number of rotatable bonds is 4. The highest BCUT2D eigenvalue weighted by Gasteiger charge is 2.14. The third-order valence-corrected chi connectivity index (χ3v) is 1.87. The van der Waals surface area contributed by atoms with Crippen molar-refractivity contribution in [1.82, 2.24) is 0 Å². The van der Waals surface area contributed by atoms with E-state index in [0.29, 0.717) is 0 Å². The van der Waals surface area contributed by atoms with Crippen LogP contribution in [0.2, 0.25) is 0 Å². The van der Waals surface area contributed by atoms with E-state index in [-0.39, 0.29) is 11.4 Å². The van der Waals surface area contributed by atoms with Crippen LogP contribution in [0.15, 0.2) is 29.4 Å². The SMILES string of the molecule is COC(=O)/C(C#N)=N\Nc1ccccc1[N+](=O)[O-]. The lowest BCUT2D eigenvalue weighted by atomic mass is 10.3. The number of nitrogens with zero attached hydrogens (tertiary/aromatic N) is 3. The summed E-state index contributed by atoms with van der Waals surface area (Å²) in [6.07, 6.45) is 0. The molecule has 0 amide bonds. The Bertz CT molecular complexity index is 547. The summed E-state index contributed by atoms with van der Waals surface area (Å²) in [7, 11) is 1.10. The van der Waals surface area contributed by atoms with E-state index in [1.54, 1.807) is 6.07 Å². The monoisotopic (exact) mass is 248 g/mol. The van der Waals surface area contributed by atoms with Crippen LogP contribution in [-0.4, -0.2) is 23.7 Å². The molecule has 0 saturated heterocycles. The number of ether oxygens (including phenoxy) is 1. The number of hydrogen-bond acceptors (Lipinski definition) is 7. The molecule has 0 aromatic heterocycles. The Labute approximate surface area is 102 Å². The number of methoxy groups -OCH3 is 1. The van der Waals surface area contributed by atoms with Crippen molar-refractivity contribution >= 4 is 23.1 Å². The lowest BCUT2D eigenvalue weighted by Gasteiger charge is -2.01. The number of benzene rings is 1. The van der Waals surface area contributed by atoms with Crippen LogP contribution in [0, 0.1) is 21.4 Å². The zero-order chi connectivity index (χ0) is 13.5. The molecule has 0 radical (unpaired) electrons. The summed E-state index contributed by atoms with van der Waals surface area (Å²) in [6, 6.07) is 7.21. The molecule has 1 N–H and O–H groups in total. The van der Waals surface area contributed by atoms with Gasteiger partial charge in [-0.05, 0) is 6.07 Å². The number of hydrazone groups is 1. The highest BCUT2D eigenvalue weighted by atomic mass is 16.6. The summed E-state index contributed by atoms with van der Waals surface area (Å²) >= 11 is 0. The van der Waals surface area contributed by atoms with Crippen LogP contribution in [0.5, 0.6) is 0 Å². The van der Waals surface area contributed by atoms with Gasteiger partial charge in [-0.3, -0.25) is 15.5 Å². The van der Waals surface area contributed by atoms with Gasteiger partial charge < -0.3 is 4.74 Å². The Morgan fingerprint density at radius 3 is 2.78 bits per heavy atom. The van der Waals surface area contributed by atoms with Crippen LogP contribution < -0.4 is 5.43 Å². The van der Waals surface area contributed by atoms with Crippen LogP contribution in [0.4, 0.5) is 11.4 Å². The molecule has 0 aliphatic heterocycles.